The van der Waals surface area contributed by atoms with Crippen LogP contribution in [-0.2, 0) is 26.1 Å². The zero-order valence-corrected chi connectivity index (χ0v) is 18.9. The number of hydrogen-bond acceptors (Lipinski definition) is 5. The molecule has 0 bridgehead atoms. The van der Waals surface area contributed by atoms with Gasteiger partial charge in [-0.3, -0.25) is 18.9 Å². The van der Waals surface area contributed by atoms with Gasteiger partial charge in [-0.1, -0.05) is 45.0 Å². The Bertz CT molecular complexity index is 1060. The van der Waals surface area contributed by atoms with Crippen molar-refractivity contribution in [3.05, 3.63) is 61.8 Å². The summed E-state index contributed by atoms with van der Waals surface area (Å²) in [5.74, 6) is -2.83. The van der Waals surface area contributed by atoms with Gasteiger partial charge in [-0.05, 0) is 17.2 Å². The minimum atomic E-state index is -2.91. The largest absolute Gasteiger partial charge is 0.384 e. The fourth-order valence-electron chi connectivity index (χ4n) is 2.92. The Hall–Kier alpha value is -2.42. The summed E-state index contributed by atoms with van der Waals surface area (Å²) < 4.78 is 29.2. The number of aliphatic imine (C=N–C) groups is 1. The number of nitrogens with two attached hydrogens (primary N) is 1. The molecule has 0 spiro atoms. The van der Waals surface area contributed by atoms with Crippen LogP contribution in [0.15, 0.2) is 38.8 Å². The Morgan fingerprint density at radius 3 is 2.17 bits per heavy atom. The lowest BCUT2D eigenvalue weighted by molar-refractivity contribution is 0.0174. The normalized spacial score (nSPS) is 13.0. The molecule has 0 saturated heterocycles. The second-order valence-corrected chi connectivity index (χ2v) is 9.26. The highest BCUT2D eigenvalue weighted by molar-refractivity contribution is 8.13. The quantitative estimate of drug-likeness (QED) is 0.571. The summed E-state index contributed by atoms with van der Waals surface area (Å²) in [6.07, 6.45) is 1.76. The van der Waals surface area contributed by atoms with Crippen LogP contribution in [0.3, 0.4) is 0 Å². The summed E-state index contributed by atoms with van der Waals surface area (Å²) in [6.45, 7) is 7.28. The Kier molecular flexibility index (Phi) is 6.96. The van der Waals surface area contributed by atoms with Gasteiger partial charge in [0.1, 0.15) is 16.4 Å². The van der Waals surface area contributed by atoms with Crippen molar-refractivity contribution in [2.24, 2.45) is 17.5 Å². The number of benzene rings is 1. The zero-order chi connectivity index (χ0) is 22.9. The SMILES string of the molecule is CSC(=NCc1ccc(C(C)(F)F)cc1)c1c(N)n(CC(C)(C)C)c(=O)n(C)c1=O. The molecular formula is C21H28F2N4O2S. The Morgan fingerprint density at radius 1 is 1.13 bits per heavy atom. The number of halogens is 2. The lowest BCUT2D eigenvalue weighted by Crippen LogP contribution is -2.43. The minimum absolute atomic E-state index is 0.0760. The number of thioether (sulfide) groups is 1. The monoisotopic (exact) mass is 438 g/mol. The number of rotatable bonds is 5. The molecule has 2 N–H and O–H groups in total. The third-order valence-electron chi connectivity index (χ3n) is 4.49. The summed E-state index contributed by atoms with van der Waals surface area (Å²) in [4.78, 5) is 29.9. The van der Waals surface area contributed by atoms with Crippen molar-refractivity contribution in [2.45, 2.75) is 46.7 Å². The molecule has 164 valence electrons. The van der Waals surface area contributed by atoms with Gasteiger partial charge >= 0.3 is 5.69 Å². The van der Waals surface area contributed by atoms with Crippen molar-refractivity contribution < 1.29 is 8.78 Å². The number of nitrogens with zero attached hydrogens (tertiary/aromatic N) is 3. The highest BCUT2D eigenvalue weighted by Gasteiger charge is 2.24. The minimum Gasteiger partial charge on any atom is -0.384 e. The molecule has 1 aromatic heterocycles. The van der Waals surface area contributed by atoms with Crippen LogP contribution < -0.4 is 17.0 Å². The molecule has 1 aromatic carbocycles. The summed E-state index contributed by atoms with van der Waals surface area (Å²) >= 11 is 1.24. The van der Waals surface area contributed by atoms with Gasteiger partial charge in [0, 0.05) is 26.1 Å². The van der Waals surface area contributed by atoms with Gasteiger partial charge in [0.25, 0.3) is 11.5 Å². The molecule has 0 unspecified atom stereocenters. The molecule has 6 nitrogen and oxygen atoms in total. The van der Waals surface area contributed by atoms with E-state index in [1.165, 1.54) is 35.5 Å². The van der Waals surface area contributed by atoms with Crippen LogP contribution >= 0.6 is 11.8 Å². The lowest BCUT2D eigenvalue weighted by Gasteiger charge is -2.23. The average Bonchev–Trinajstić information content (AvgIpc) is 2.65. The van der Waals surface area contributed by atoms with E-state index in [0.29, 0.717) is 17.2 Å². The molecular weight excluding hydrogens is 410 g/mol. The van der Waals surface area contributed by atoms with Gasteiger partial charge in [-0.25, -0.2) is 13.6 Å². The molecule has 2 aromatic rings. The van der Waals surface area contributed by atoms with Crippen molar-refractivity contribution in [3.63, 3.8) is 0 Å². The van der Waals surface area contributed by atoms with Crippen LogP contribution in [0.4, 0.5) is 14.6 Å². The summed E-state index contributed by atoms with van der Waals surface area (Å²) in [5.41, 5.74) is 5.83. The van der Waals surface area contributed by atoms with Crippen molar-refractivity contribution in [1.29, 1.82) is 0 Å². The highest BCUT2D eigenvalue weighted by Crippen LogP contribution is 2.27. The molecule has 2 rings (SSSR count). The van der Waals surface area contributed by atoms with Crippen LogP contribution in [0.25, 0.3) is 0 Å². The first-order valence-corrected chi connectivity index (χ1v) is 10.6. The molecule has 0 radical (unpaired) electrons. The van der Waals surface area contributed by atoms with E-state index in [1.54, 1.807) is 18.4 Å². The van der Waals surface area contributed by atoms with Crippen molar-refractivity contribution in [1.82, 2.24) is 9.13 Å². The molecule has 0 amide bonds. The first kappa shape index (κ1) is 23.9. The summed E-state index contributed by atoms with van der Waals surface area (Å²) in [6, 6.07) is 5.88. The Labute approximate surface area is 178 Å². The molecule has 0 atom stereocenters. The predicted molar refractivity (Wildman–Crippen MR) is 120 cm³/mol. The first-order valence-electron chi connectivity index (χ1n) is 9.41. The average molecular weight is 439 g/mol. The van der Waals surface area contributed by atoms with Crippen LogP contribution in [0, 0.1) is 5.41 Å². The fraction of sp³-hybridized carbons (Fsp3) is 0.476. The third kappa shape index (κ3) is 5.38. The molecule has 0 saturated carbocycles. The van der Waals surface area contributed by atoms with Crippen molar-refractivity contribution in [3.8, 4) is 0 Å². The van der Waals surface area contributed by atoms with E-state index in [0.717, 1.165) is 11.5 Å². The van der Waals surface area contributed by atoms with Crippen molar-refractivity contribution >= 4 is 22.6 Å². The third-order valence-corrected chi connectivity index (χ3v) is 5.21. The van der Waals surface area contributed by atoms with Crippen LogP contribution in [-0.4, -0.2) is 20.4 Å². The van der Waals surface area contributed by atoms with E-state index in [4.69, 9.17) is 5.73 Å². The van der Waals surface area contributed by atoms with E-state index in [1.807, 2.05) is 20.8 Å². The van der Waals surface area contributed by atoms with Gasteiger partial charge in [0.05, 0.1) is 6.54 Å². The van der Waals surface area contributed by atoms with Gasteiger partial charge in [-0.15, -0.1) is 11.8 Å². The Balaban J connectivity index is 2.49. The van der Waals surface area contributed by atoms with E-state index in [9.17, 15) is 18.4 Å². The molecule has 1 heterocycles. The molecule has 0 fully saturated rings. The van der Waals surface area contributed by atoms with Crippen LogP contribution in [0.2, 0.25) is 0 Å². The zero-order valence-electron chi connectivity index (χ0n) is 18.1. The van der Waals surface area contributed by atoms with E-state index < -0.39 is 17.2 Å². The maximum absolute atomic E-state index is 13.4. The van der Waals surface area contributed by atoms with Gasteiger partial charge in [-0.2, -0.15) is 0 Å². The summed E-state index contributed by atoms with van der Waals surface area (Å²) in [5, 5.41) is 0.389. The maximum atomic E-state index is 13.4. The highest BCUT2D eigenvalue weighted by atomic mass is 32.2. The fourth-order valence-corrected chi connectivity index (χ4v) is 3.51. The molecule has 0 aliphatic carbocycles. The van der Waals surface area contributed by atoms with Gasteiger partial charge in [0.2, 0.25) is 0 Å². The number of hydrogen-bond donors (Lipinski definition) is 1. The molecule has 9 heteroatoms. The second-order valence-electron chi connectivity index (χ2n) is 8.46. The standard InChI is InChI=1S/C21H28F2N4O2S/c1-20(2,3)12-27-16(24)15(18(28)26(5)19(27)29)17(30-6)25-11-13-7-9-14(10-8-13)21(4,22)23/h7-10H,11-12,24H2,1-6H3. The molecule has 30 heavy (non-hydrogen) atoms. The first-order chi connectivity index (χ1) is 13.8. The van der Waals surface area contributed by atoms with E-state index in [-0.39, 0.29) is 28.9 Å². The predicted octanol–water partition coefficient (Wildman–Crippen LogP) is 3.60. The lowest BCUT2D eigenvalue weighted by atomic mass is 9.97. The summed E-state index contributed by atoms with van der Waals surface area (Å²) in [7, 11) is 1.41. The number of nitrogen functional groups attached to an aromatic ring is 1. The number of aromatic nitrogens is 2. The molecule has 0 aliphatic rings. The van der Waals surface area contributed by atoms with E-state index >= 15 is 0 Å². The van der Waals surface area contributed by atoms with Crippen molar-refractivity contribution in [2.75, 3.05) is 12.0 Å². The molecule has 0 aliphatic heterocycles. The van der Waals surface area contributed by atoms with Gasteiger partial charge < -0.3 is 5.73 Å². The van der Waals surface area contributed by atoms with E-state index in [2.05, 4.69) is 4.99 Å². The second kappa shape index (κ2) is 8.75. The number of anilines is 1. The Morgan fingerprint density at radius 2 is 1.70 bits per heavy atom. The maximum Gasteiger partial charge on any atom is 0.332 e. The van der Waals surface area contributed by atoms with Gasteiger partial charge in [0.15, 0.2) is 0 Å². The smallest absolute Gasteiger partial charge is 0.332 e. The van der Waals surface area contributed by atoms with Crippen LogP contribution in [0.5, 0.6) is 0 Å². The van der Waals surface area contributed by atoms with Crippen LogP contribution in [0.1, 0.15) is 44.4 Å². The topological polar surface area (TPSA) is 82.4 Å². The number of alkyl halides is 2.